The number of carboxylic acids is 1. The maximum absolute atomic E-state index is 12.2. The molecule has 2 N–H and O–H groups in total. The molecule has 1 unspecified atom stereocenters. The van der Waals surface area contributed by atoms with E-state index in [0.29, 0.717) is 12.8 Å². The van der Waals surface area contributed by atoms with Gasteiger partial charge in [0.2, 0.25) is 5.91 Å². The summed E-state index contributed by atoms with van der Waals surface area (Å²) in [5.74, 6) is -0.959. The van der Waals surface area contributed by atoms with Crippen LogP contribution in [0, 0.1) is 0 Å². The fraction of sp³-hybridized carbons (Fsp3) is 0.500. The summed E-state index contributed by atoms with van der Waals surface area (Å²) in [6, 6.07) is 9.74. The summed E-state index contributed by atoms with van der Waals surface area (Å²) in [5.41, 5.74) is 0.164. The molecule has 1 amide bonds. The van der Waals surface area contributed by atoms with E-state index in [0.717, 1.165) is 12.0 Å². The molecular weight excluding hydrogens is 268 g/mol. The van der Waals surface area contributed by atoms with Crippen molar-refractivity contribution in [3.63, 3.8) is 0 Å². The molecule has 0 aliphatic heterocycles. The van der Waals surface area contributed by atoms with Gasteiger partial charge in [0.05, 0.1) is 12.6 Å². The van der Waals surface area contributed by atoms with Gasteiger partial charge in [-0.3, -0.25) is 14.9 Å². The first-order valence-corrected chi connectivity index (χ1v) is 7.25. The van der Waals surface area contributed by atoms with Gasteiger partial charge in [0.15, 0.2) is 0 Å². The predicted octanol–water partition coefficient (Wildman–Crippen LogP) is 1.80. The first kappa shape index (κ1) is 15.5. The number of carboxylic acid groups (broad SMARTS) is 1. The largest absolute Gasteiger partial charge is 0.480 e. The fourth-order valence-corrected chi connectivity index (χ4v) is 2.54. The summed E-state index contributed by atoms with van der Waals surface area (Å²) in [6.07, 6.45) is 2.07. The van der Waals surface area contributed by atoms with E-state index in [1.807, 2.05) is 37.3 Å². The number of nitrogens with one attached hydrogen (secondary N) is 1. The van der Waals surface area contributed by atoms with Crippen LogP contribution in [-0.2, 0) is 9.59 Å². The van der Waals surface area contributed by atoms with Gasteiger partial charge in [-0.05, 0) is 31.7 Å². The van der Waals surface area contributed by atoms with Crippen molar-refractivity contribution in [3.8, 4) is 0 Å². The van der Waals surface area contributed by atoms with Gasteiger partial charge in [-0.25, -0.2) is 0 Å². The van der Waals surface area contributed by atoms with E-state index in [2.05, 4.69) is 5.32 Å². The van der Waals surface area contributed by atoms with Crippen LogP contribution in [0.3, 0.4) is 0 Å². The highest BCUT2D eigenvalue weighted by atomic mass is 16.4. The molecule has 0 bridgehead atoms. The van der Waals surface area contributed by atoms with Gasteiger partial charge in [0.1, 0.15) is 5.54 Å². The molecule has 0 heterocycles. The van der Waals surface area contributed by atoms with Crippen LogP contribution >= 0.6 is 0 Å². The van der Waals surface area contributed by atoms with E-state index in [4.69, 9.17) is 0 Å². The number of likely N-dealkylation sites (N-methyl/N-ethyl adjacent to an activating group) is 1. The topological polar surface area (TPSA) is 69.6 Å². The standard InChI is InChI=1S/C16H22N2O3/c1-12(13-7-4-3-5-8-13)18(2)14(19)11-17-16(15(20)21)9-6-10-16/h3-5,7-8,12,17H,6,9-11H2,1-2H3,(H,20,21). The third-order valence-corrected chi connectivity index (χ3v) is 4.45. The molecule has 0 aromatic heterocycles. The molecule has 21 heavy (non-hydrogen) atoms. The number of amides is 1. The van der Waals surface area contributed by atoms with E-state index in [1.165, 1.54) is 0 Å². The minimum atomic E-state index is -0.896. The lowest BCUT2D eigenvalue weighted by Crippen LogP contribution is -2.59. The Kier molecular flexibility index (Phi) is 4.63. The summed E-state index contributed by atoms with van der Waals surface area (Å²) in [4.78, 5) is 25.1. The number of rotatable bonds is 6. The fourth-order valence-electron chi connectivity index (χ4n) is 2.54. The van der Waals surface area contributed by atoms with Crippen LogP contribution < -0.4 is 5.32 Å². The number of nitrogens with zero attached hydrogens (tertiary/aromatic N) is 1. The summed E-state index contributed by atoms with van der Waals surface area (Å²) in [6.45, 7) is 2.02. The zero-order valence-electron chi connectivity index (χ0n) is 12.5. The lowest BCUT2D eigenvalue weighted by atomic mass is 9.77. The number of carbonyl (C=O) groups excluding carboxylic acids is 1. The summed E-state index contributed by atoms with van der Waals surface area (Å²) in [5, 5.41) is 12.2. The molecule has 2 rings (SSSR count). The van der Waals surface area contributed by atoms with Gasteiger partial charge in [-0.15, -0.1) is 0 Å². The average molecular weight is 290 g/mol. The van der Waals surface area contributed by atoms with Crippen molar-refractivity contribution in [1.82, 2.24) is 10.2 Å². The van der Waals surface area contributed by atoms with Crippen LogP contribution in [0.25, 0.3) is 0 Å². The van der Waals surface area contributed by atoms with Crippen LogP contribution in [0.2, 0.25) is 0 Å². The monoisotopic (exact) mass is 290 g/mol. The van der Waals surface area contributed by atoms with E-state index in [9.17, 15) is 14.7 Å². The maximum Gasteiger partial charge on any atom is 0.323 e. The highest BCUT2D eigenvalue weighted by Crippen LogP contribution is 2.31. The van der Waals surface area contributed by atoms with Crippen molar-refractivity contribution in [3.05, 3.63) is 35.9 Å². The van der Waals surface area contributed by atoms with Crippen molar-refractivity contribution < 1.29 is 14.7 Å². The normalized spacial score (nSPS) is 17.6. The number of aliphatic carboxylic acids is 1. The third-order valence-electron chi connectivity index (χ3n) is 4.45. The Labute approximate surface area is 125 Å². The van der Waals surface area contributed by atoms with E-state index >= 15 is 0 Å². The molecule has 0 spiro atoms. The maximum atomic E-state index is 12.2. The Morgan fingerprint density at radius 1 is 1.33 bits per heavy atom. The zero-order chi connectivity index (χ0) is 15.5. The molecule has 1 aliphatic carbocycles. The molecule has 5 nitrogen and oxygen atoms in total. The number of hydrogen-bond donors (Lipinski definition) is 2. The molecule has 1 fully saturated rings. The Balaban J connectivity index is 1.92. The van der Waals surface area contributed by atoms with Crippen LogP contribution in [0.15, 0.2) is 30.3 Å². The Morgan fingerprint density at radius 2 is 1.95 bits per heavy atom. The van der Waals surface area contributed by atoms with Crippen LogP contribution in [0.1, 0.15) is 37.8 Å². The highest BCUT2D eigenvalue weighted by molar-refractivity contribution is 5.83. The first-order chi connectivity index (χ1) is 9.96. The predicted molar refractivity (Wildman–Crippen MR) is 79.8 cm³/mol. The molecule has 1 aromatic carbocycles. The minimum absolute atomic E-state index is 0.0392. The lowest BCUT2D eigenvalue weighted by Gasteiger charge is -2.39. The van der Waals surface area contributed by atoms with E-state index < -0.39 is 11.5 Å². The summed E-state index contributed by atoms with van der Waals surface area (Å²) >= 11 is 0. The molecule has 1 atom stereocenters. The van der Waals surface area contributed by atoms with Gasteiger partial charge in [-0.2, -0.15) is 0 Å². The summed E-state index contributed by atoms with van der Waals surface area (Å²) < 4.78 is 0. The summed E-state index contributed by atoms with van der Waals surface area (Å²) in [7, 11) is 1.75. The van der Waals surface area contributed by atoms with Crippen LogP contribution in [-0.4, -0.2) is 41.0 Å². The van der Waals surface area contributed by atoms with Crippen molar-refractivity contribution in [2.24, 2.45) is 0 Å². The van der Waals surface area contributed by atoms with Crippen molar-refractivity contribution >= 4 is 11.9 Å². The molecule has 5 heteroatoms. The molecular formula is C16H22N2O3. The van der Waals surface area contributed by atoms with Crippen molar-refractivity contribution in [1.29, 1.82) is 0 Å². The van der Waals surface area contributed by atoms with Crippen LogP contribution in [0.4, 0.5) is 0 Å². The van der Waals surface area contributed by atoms with Gasteiger partial charge >= 0.3 is 5.97 Å². The second-order valence-electron chi connectivity index (χ2n) is 5.69. The minimum Gasteiger partial charge on any atom is -0.480 e. The Bertz CT molecular complexity index is 512. The number of hydrogen-bond acceptors (Lipinski definition) is 3. The van der Waals surface area contributed by atoms with Crippen molar-refractivity contribution in [2.45, 2.75) is 37.8 Å². The number of benzene rings is 1. The molecule has 114 valence electrons. The molecule has 1 aliphatic rings. The third kappa shape index (κ3) is 3.24. The quantitative estimate of drug-likeness (QED) is 0.838. The molecule has 0 saturated heterocycles. The molecule has 1 saturated carbocycles. The lowest BCUT2D eigenvalue weighted by molar-refractivity contribution is -0.149. The molecule has 0 radical (unpaired) electrons. The SMILES string of the molecule is CC(c1ccccc1)N(C)C(=O)CNC1(C(=O)O)CCC1. The number of carbonyl (C=O) groups is 2. The smallest absolute Gasteiger partial charge is 0.323 e. The first-order valence-electron chi connectivity index (χ1n) is 7.25. The Hall–Kier alpha value is -1.88. The molecule has 1 aromatic rings. The van der Waals surface area contributed by atoms with Crippen molar-refractivity contribution in [2.75, 3.05) is 13.6 Å². The van der Waals surface area contributed by atoms with Crippen LogP contribution in [0.5, 0.6) is 0 Å². The van der Waals surface area contributed by atoms with E-state index in [1.54, 1.807) is 11.9 Å². The second kappa shape index (κ2) is 6.26. The second-order valence-corrected chi connectivity index (χ2v) is 5.69. The van der Waals surface area contributed by atoms with Gasteiger partial charge in [-0.1, -0.05) is 30.3 Å². The zero-order valence-corrected chi connectivity index (χ0v) is 12.5. The average Bonchev–Trinajstić information content (AvgIpc) is 2.44. The van der Waals surface area contributed by atoms with Gasteiger partial charge in [0.25, 0.3) is 0 Å². The van der Waals surface area contributed by atoms with Gasteiger partial charge < -0.3 is 10.0 Å². The Morgan fingerprint density at radius 3 is 2.43 bits per heavy atom. The van der Waals surface area contributed by atoms with E-state index in [-0.39, 0.29) is 18.5 Å². The highest BCUT2D eigenvalue weighted by Gasteiger charge is 2.44. The van der Waals surface area contributed by atoms with Gasteiger partial charge in [0, 0.05) is 7.05 Å².